The number of nitrogens with one attached hydrogen (secondary N) is 3. The van der Waals surface area contributed by atoms with E-state index in [2.05, 4.69) is 26.3 Å². The highest BCUT2D eigenvalue weighted by atomic mass is 16.7. The molecular weight excluding hydrogens is 849 g/mol. The Hall–Kier alpha value is -4.56. The summed E-state index contributed by atoms with van der Waals surface area (Å²) in [4.78, 5) is 51.3. The maximum atomic E-state index is 14.0. The lowest BCUT2D eigenvalue weighted by Gasteiger charge is -2.48. The number of carboxylic acid groups (broad SMARTS) is 1. The zero-order chi connectivity index (χ0) is 47.2. The van der Waals surface area contributed by atoms with Crippen molar-refractivity contribution in [3.63, 3.8) is 0 Å². The largest absolute Gasteiger partial charge is 0.479 e. The van der Waals surface area contributed by atoms with Gasteiger partial charge in [-0.2, -0.15) is 0 Å². The Balaban J connectivity index is 1.54. The summed E-state index contributed by atoms with van der Waals surface area (Å²) in [6.45, 7) is 3.36. The molecule has 0 bridgehead atoms. The molecule has 3 fully saturated rings. The number of nitrogens with zero attached hydrogens (tertiary/aromatic N) is 3. The lowest BCUT2D eigenvalue weighted by Crippen LogP contribution is -2.67. The molecule has 5 rings (SSSR count). The summed E-state index contributed by atoms with van der Waals surface area (Å²) in [6, 6.07) is 7.14. The normalized spacial score (nSPS) is 28.4. The Morgan fingerprint density at radius 3 is 2.35 bits per heavy atom. The van der Waals surface area contributed by atoms with E-state index in [1.807, 2.05) is 36.3 Å². The predicted molar refractivity (Wildman–Crippen MR) is 231 cm³/mol. The maximum Gasteiger partial charge on any atom is 0.332 e. The van der Waals surface area contributed by atoms with Crippen molar-refractivity contribution < 1.29 is 68.8 Å². The van der Waals surface area contributed by atoms with Crippen LogP contribution < -0.4 is 16.0 Å². The van der Waals surface area contributed by atoms with Crippen LogP contribution in [0.2, 0.25) is 0 Å². The number of carbonyl (C=O) groups excluding carboxylic acids is 3. The Bertz CT molecular complexity index is 1880. The molecule has 3 amide bonds. The summed E-state index contributed by atoms with van der Waals surface area (Å²) in [5, 5.41) is 79.9. The molecule has 0 radical (unpaired) electrons. The molecule has 20 heteroatoms. The zero-order valence-electron chi connectivity index (χ0n) is 37.2. The third-order valence-corrected chi connectivity index (χ3v) is 12.6. The zero-order valence-corrected chi connectivity index (χ0v) is 37.2. The quantitative estimate of drug-likeness (QED) is 0.0557. The number of benzene rings is 1. The van der Waals surface area contributed by atoms with Crippen molar-refractivity contribution in [3.8, 4) is 23.6 Å². The van der Waals surface area contributed by atoms with Gasteiger partial charge in [0.1, 0.15) is 42.3 Å². The summed E-state index contributed by atoms with van der Waals surface area (Å²) >= 11 is 0. The highest BCUT2D eigenvalue weighted by Gasteiger charge is 2.52. The van der Waals surface area contributed by atoms with E-state index in [0.29, 0.717) is 5.69 Å². The van der Waals surface area contributed by atoms with Crippen LogP contribution in [0, 0.1) is 30.1 Å². The van der Waals surface area contributed by atoms with E-state index in [0.717, 1.165) is 37.7 Å². The van der Waals surface area contributed by atoms with Crippen LogP contribution in [-0.4, -0.2) is 163 Å². The number of aliphatic carboxylic acids is 1. The lowest BCUT2D eigenvalue weighted by atomic mass is 9.80. The van der Waals surface area contributed by atoms with Gasteiger partial charge in [-0.15, -0.1) is 11.5 Å². The van der Waals surface area contributed by atoms with Gasteiger partial charge in [-0.05, 0) is 50.4 Å². The number of terminal acetylenes is 1. The molecule has 9 N–H and O–H groups in total. The average molecular weight is 915 g/mol. The fourth-order valence-corrected chi connectivity index (χ4v) is 9.22. The van der Waals surface area contributed by atoms with Crippen LogP contribution in [0.1, 0.15) is 84.6 Å². The summed E-state index contributed by atoms with van der Waals surface area (Å²) in [6.07, 6.45) is -0.845. The monoisotopic (exact) mass is 914 g/mol. The summed E-state index contributed by atoms with van der Waals surface area (Å²) < 4.78 is 27.6. The number of aliphatic hydroxyl groups is 5. The SMILES string of the molecule is C#CC(=O)NCCNC(=O)C1CC(O[C@@H]2O[C@@H](CO)C(O)C(O[C@@H](CC3CCCCC3)C(=O)O)C2NC(C)=O)C(O[C@@H](C)CC(C)C(O)[C@H](O)CO)[C@H](n2cc(-c3ccccc3)nn2)C1. The van der Waals surface area contributed by atoms with Crippen LogP contribution in [0.4, 0.5) is 0 Å². The summed E-state index contributed by atoms with van der Waals surface area (Å²) in [7, 11) is 0. The van der Waals surface area contributed by atoms with Gasteiger partial charge in [0.05, 0.1) is 43.8 Å². The van der Waals surface area contributed by atoms with Crippen molar-refractivity contribution >= 4 is 23.7 Å². The van der Waals surface area contributed by atoms with Gasteiger partial charge in [0.2, 0.25) is 11.8 Å². The molecule has 20 nitrogen and oxygen atoms in total. The molecule has 0 spiro atoms. The fraction of sp³-hybridized carbons (Fsp3) is 0.689. The number of carbonyl (C=O) groups is 4. The molecule has 360 valence electrons. The van der Waals surface area contributed by atoms with Crippen molar-refractivity contribution in [2.45, 2.75) is 152 Å². The molecule has 1 aromatic heterocycles. The van der Waals surface area contributed by atoms with Crippen molar-refractivity contribution in [2.24, 2.45) is 17.8 Å². The number of aromatic nitrogens is 3. The van der Waals surface area contributed by atoms with Crippen LogP contribution >= 0.6 is 0 Å². The minimum Gasteiger partial charge on any atom is -0.479 e. The van der Waals surface area contributed by atoms with E-state index in [1.54, 1.807) is 24.7 Å². The van der Waals surface area contributed by atoms with Gasteiger partial charge in [0.25, 0.3) is 5.91 Å². The first-order chi connectivity index (χ1) is 31.1. The standard InChI is InChI=1S/C45H66N6O14/c1-5-37(56)46-16-17-47-43(59)30-20-32(51-22-31(49-50-51)29-14-10-7-11-15-29)41(62-26(3)18-25(2)39(57)33(55)23-52)34(21-30)64-45-38(48-27(4)54)42(40(58)36(24-53)65-45)63-35(44(60)61)19-28-12-8-6-9-13-28/h1,7,10-11,14-15,22,25-26,28,30,32-36,38-42,45,52-53,55,57-58H,6,8-9,12-13,16-21,23-24H2,2-4H3,(H,46,56)(H,47,59)(H,48,54)(H,60,61)/t25?,26-,30?,32+,33+,34?,35-,36-,38?,39?,40?,41?,42?,45+/m0/s1. The van der Waals surface area contributed by atoms with E-state index in [-0.39, 0.29) is 44.7 Å². The molecule has 2 aromatic rings. The summed E-state index contributed by atoms with van der Waals surface area (Å²) in [5.74, 6) is -2.26. The number of hydrogen-bond donors (Lipinski definition) is 9. The van der Waals surface area contributed by atoms with E-state index >= 15 is 0 Å². The van der Waals surface area contributed by atoms with Gasteiger partial charge in [0, 0.05) is 31.5 Å². The smallest absolute Gasteiger partial charge is 0.332 e. The van der Waals surface area contributed by atoms with Crippen LogP contribution in [0.25, 0.3) is 11.3 Å². The van der Waals surface area contributed by atoms with Crippen LogP contribution in [0.15, 0.2) is 36.5 Å². The number of carboxylic acids is 1. The second-order valence-corrected chi connectivity index (χ2v) is 17.5. The first kappa shape index (κ1) is 51.4. The highest BCUT2D eigenvalue weighted by molar-refractivity contribution is 5.92. The first-order valence-electron chi connectivity index (χ1n) is 22.5. The molecular formula is C45H66N6O14. The number of amides is 3. The van der Waals surface area contributed by atoms with Gasteiger partial charge in [-0.25, -0.2) is 9.48 Å². The van der Waals surface area contributed by atoms with Crippen molar-refractivity contribution in [1.29, 1.82) is 0 Å². The Kier molecular flexibility index (Phi) is 19.6. The fourth-order valence-electron chi connectivity index (χ4n) is 9.22. The topological polar surface area (TPSA) is 293 Å². The average Bonchev–Trinajstić information content (AvgIpc) is 3.80. The van der Waals surface area contributed by atoms with Crippen LogP contribution in [0.3, 0.4) is 0 Å². The molecule has 8 unspecified atom stereocenters. The molecule has 1 saturated heterocycles. The summed E-state index contributed by atoms with van der Waals surface area (Å²) in [5.41, 5.74) is 1.28. The van der Waals surface area contributed by atoms with E-state index in [9.17, 15) is 49.8 Å². The third kappa shape index (κ3) is 14.2. The van der Waals surface area contributed by atoms with Gasteiger partial charge < -0.3 is 65.5 Å². The Morgan fingerprint density at radius 2 is 1.71 bits per heavy atom. The van der Waals surface area contributed by atoms with Crippen molar-refractivity contribution in [3.05, 3.63) is 36.5 Å². The molecule has 14 atom stereocenters. The third-order valence-electron chi connectivity index (χ3n) is 12.6. The number of aliphatic hydroxyl groups excluding tert-OH is 5. The Morgan fingerprint density at radius 1 is 1.00 bits per heavy atom. The molecule has 65 heavy (non-hydrogen) atoms. The second kappa shape index (κ2) is 24.8. The van der Waals surface area contributed by atoms with E-state index < -0.39 is 122 Å². The van der Waals surface area contributed by atoms with Crippen LogP contribution in [0.5, 0.6) is 0 Å². The molecule has 1 aromatic carbocycles. The first-order valence-corrected chi connectivity index (χ1v) is 22.5. The van der Waals surface area contributed by atoms with Crippen molar-refractivity contribution in [1.82, 2.24) is 30.9 Å². The number of rotatable bonds is 22. The molecule has 2 heterocycles. The van der Waals surface area contributed by atoms with Crippen LogP contribution in [-0.2, 0) is 38.1 Å². The Labute approximate surface area is 378 Å². The maximum absolute atomic E-state index is 14.0. The highest BCUT2D eigenvalue weighted by Crippen LogP contribution is 2.40. The minimum absolute atomic E-state index is 0.0258. The number of ether oxygens (including phenoxy) is 4. The van der Waals surface area contributed by atoms with Crippen molar-refractivity contribution in [2.75, 3.05) is 26.3 Å². The lowest BCUT2D eigenvalue weighted by molar-refractivity contribution is -0.307. The number of hydrogen-bond acceptors (Lipinski definition) is 15. The van der Waals surface area contributed by atoms with E-state index in [4.69, 9.17) is 25.4 Å². The minimum atomic E-state index is -1.61. The molecule has 1 aliphatic heterocycles. The predicted octanol–water partition coefficient (Wildman–Crippen LogP) is 0.0526. The molecule has 3 aliphatic rings. The molecule has 2 aliphatic carbocycles. The van der Waals surface area contributed by atoms with Gasteiger partial charge in [0.15, 0.2) is 12.4 Å². The van der Waals surface area contributed by atoms with E-state index in [1.165, 1.54) is 6.92 Å². The van der Waals surface area contributed by atoms with Gasteiger partial charge >= 0.3 is 5.97 Å². The second-order valence-electron chi connectivity index (χ2n) is 17.5. The van der Waals surface area contributed by atoms with Gasteiger partial charge in [-0.1, -0.05) is 74.6 Å². The molecule has 2 saturated carbocycles. The van der Waals surface area contributed by atoms with Gasteiger partial charge in [-0.3, -0.25) is 14.4 Å².